The zero-order valence-electron chi connectivity index (χ0n) is 10.3. The molecule has 1 aromatic rings. The molecule has 0 N–H and O–H groups in total. The van der Waals surface area contributed by atoms with Crippen LogP contribution < -0.4 is 0 Å². The first-order valence-electron chi connectivity index (χ1n) is 5.49. The van der Waals surface area contributed by atoms with Crippen molar-refractivity contribution in [3.05, 3.63) is 35.9 Å². The predicted octanol–water partition coefficient (Wildman–Crippen LogP) is 3.71. The fourth-order valence-corrected chi connectivity index (χ4v) is 1.49. The molecule has 0 unspecified atom stereocenters. The lowest BCUT2D eigenvalue weighted by molar-refractivity contribution is -0.179. The van der Waals surface area contributed by atoms with Gasteiger partial charge in [0.1, 0.15) is 6.61 Å². The van der Waals surface area contributed by atoms with E-state index in [1.54, 1.807) is 30.3 Å². The number of carbonyl (C=O) groups is 1. The Morgan fingerprint density at radius 3 is 2.22 bits per heavy atom. The van der Waals surface area contributed by atoms with Crippen LogP contribution in [0.4, 0.5) is 13.2 Å². The minimum atomic E-state index is -4.38. The molecular weight excluding hydrogens is 245 g/mol. The Balaban J connectivity index is 2.55. The quantitative estimate of drug-likeness (QED) is 0.771. The average Bonchev–Trinajstić information content (AvgIpc) is 2.24. The normalized spacial score (nSPS) is 12.3. The molecule has 0 atom stereocenters. The number of halogens is 3. The number of hydrogen-bond donors (Lipinski definition) is 0. The molecule has 0 aliphatic carbocycles. The number of rotatable bonds is 4. The molecule has 1 aromatic carbocycles. The van der Waals surface area contributed by atoms with Gasteiger partial charge in [0.05, 0.1) is 11.8 Å². The Morgan fingerprint density at radius 2 is 1.72 bits per heavy atom. The topological polar surface area (TPSA) is 26.3 Å². The fraction of sp³-hybridized carbons (Fsp3) is 0.462. The van der Waals surface area contributed by atoms with E-state index >= 15 is 0 Å². The highest BCUT2D eigenvalue weighted by Gasteiger charge is 2.42. The molecule has 0 spiro atoms. The minimum Gasteiger partial charge on any atom is -0.460 e. The summed E-state index contributed by atoms with van der Waals surface area (Å²) in [5.41, 5.74) is -0.818. The minimum absolute atomic E-state index is 0.0129. The largest absolute Gasteiger partial charge is 0.460 e. The predicted molar refractivity (Wildman–Crippen MR) is 60.7 cm³/mol. The highest BCUT2D eigenvalue weighted by Crippen LogP contribution is 2.34. The first kappa shape index (κ1) is 14.5. The molecule has 0 fully saturated rings. The van der Waals surface area contributed by atoms with E-state index in [9.17, 15) is 18.0 Å². The second-order valence-electron chi connectivity index (χ2n) is 4.74. The van der Waals surface area contributed by atoms with E-state index in [4.69, 9.17) is 4.74 Å². The molecular formula is C13H15F3O2. The zero-order valence-corrected chi connectivity index (χ0v) is 10.3. The summed E-state index contributed by atoms with van der Waals surface area (Å²) in [7, 11) is 0. The zero-order chi connectivity index (χ0) is 13.8. The summed E-state index contributed by atoms with van der Waals surface area (Å²) in [6, 6.07) is 8.82. The Morgan fingerprint density at radius 1 is 1.17 bits per heavy atom. The van der Waals surface area contributed by atoms with Crippen molar-refractivity contribution >= 4 is 5.97 Å². The lowest BCUT2D eigenvalue weighted by Crippen LogP contribution is -2.32. The van der Waals surface area contributed by atoms with Crippen molar-refractivity contribution in [1.82, 2.24) is 0 Å². The second-order valence-corrected chi connectivity index (χ2v) is 4.74. The van der Waals surface area contributed by atoms with E-state index in [0.29, 0.717) is 0 Å². The van der Waals surface area contributed by atoms with Gasteiger partial charge in [0.15, 0.2) is 0 Å². The molecule has 0 bridgehead atoms. The summed E-state index contributed by atoms with van der Waals surface area (Å²) in [5, 5.41) is 0. The third-order valence-electron chi connectivity index (χ3n) is 2.41. The van der Waals surface area contributed by atoms with Crippen molar-refractivity contribution < 1.29 is 22.7 Å². The van der Waals surface area contributed by atoms with Gasteiger partial charge in [-0.15, -0.1) is 0 Å². The summed E-state index contributed by atoms with van der Waals surface area (Å²) in [6.07, 6.45) is -5.57. The van der Waals surface area contributed by atoms with Gasteiger partial charge < -0.3 is 4.74 Å². The van der Waals surface area contributed by atoms with Crippen LogP contribution in [0.25, 0.3) is 0 Å². The van der Waals surface area contributed by atoms with Crippen LogP contribution in [0.2, 0.25) is 0 Å². The standard InChI is InChI=1S/C13H15F3O2/c1-12(2,9-13(14,15)16)11(17)18-8-10-6-4-3-5-7-10/h3-7H,8-9H2,1-2H3. The molecule has 0 radical (unpaired) electrons. The van der Waals surface area contributed by atoms with Crippen molar-refractivity contribution in [2.75, 3.05) is 0 Å². The summed E-state index contributed by atoms with van der Waals surface area (Å²) < 4.78 is 41.7. The van der Waals surface area contributed by atoms with Gasteiger partial charge >= 0.3 is 12.1 Å². The van der Waals surface area contributed by atoms with Crippen molar-refractivity contribution in [3.8, 4) is 0 Å². The smallest absolute Gasteiger partial charge is 0.390 e. The number of alkyl halides is 3. The molecule has 0 saturated heterocycles. The fourth-order valence-electron chi connectivity index (χ4n) is 1.49. The first-order valence-corrected chi connectivity index (χ1v) is 5.49. The first-order chi connectivity index (χ1) is 8.21. The maximum absolute atomic E-state index is 12.3. The monoisotopic (exact) mass is 260 g/mol. The Labute approximate surface area is 104 Å². The molecule has 100 valence electrons. The van der Waals surface area contributed by atoms with Crippen LogP contribution >= 0.6 is 0 Å². The van der Waals surface area contributed by atoms with Crippen molar-refractivity contribution in [1.29, 1.82) is 0 Å². The third-order valence-corrected chi connectivity index (χ3v) is 2.41. The van der Waals surface area contributed by atoms with Crippen LogP contribution in [0.15, 0.2) is 30.3 Å². The molecule has 0 saturated carbocycles. The number of carbonyl (C=O) groups excluding carboxylic acids is 1. The summed E-state index contributed by atoms with van der Waals surface area (Å²) in [4.78, 5) is 11.6. The molecule has 18 heavy (non-hydrogen) atoms. The Bertz CT molecular complexity index is 396. The maximum Gasteiger partial charge on any atom is 0.390 e. The second kappa shape index (κ2) is 5.42. The van der Waals surface area contributed by atoms with Crippen LogP contribution in [0.5, 0.6) is 0 Å². The molecule has 5 heteroatoms. The molecule has 1 rings (SSSR count). The van der Waals surface area contributed by atoms with Gasteiger partial charge in [0, 0.05) is 0 Å². The molecule has 0 aliphatic heterocycles. The van der Waals surface area contributed by atoms with E-state index in [2.05, 4.69) is 0 Å². The molecule has 0 heterocycles. The van der Waals surface area contributed by atoms with Gasteiger partial charge in [-0.2, -0.15) is 13.2 Å². The van der Waals surface area contributed by atoms with Gasteiger partial charge in [-0.25, -0.2) is 0 Å². The molecule has 2 nitrogen and oxygen atoms in total. The van der Waals surface area contributed by atoms with Crippen molar-refractivity contribution in [3.63, 3.8) is 0 Å². The van der Waals surface area contributed by atoms with E-state index in [1.165, 1.54) is 13.8 Å². The summed E-state index contributed by atoms with van der Waals surface area (Å²) >= 11 is 0. The summed E-state index contributed by atoms with van der Waals surface area (Å²) in [5.74, 6) is -0.844. The summed E-state index contributed by atoms with van der Waals surface area (Å²) in [6.45, 7) is 2.45. The number of ether oxygens (including phenoxy) is 1. The van der Waals surface area contributed by atoms with Gasteiger partial charge in [0.25, 0.3) is 0 Å². The number of hydrogen-bond acceptors (Lipinski definition) is 2. The molecule has 0 aromatic heterocycles. The van der Waals surface area contributed by atoms with Crippen molar-refractivity contribution in [2.45, 2.75) is 33.1 Å². The van der Waals surface area contributed by atoms with Gasteiger partial charge in [0.2, 0.25) is 0 Å². The lowest BCUT2D eigenvalue weighted by atomic mass is 9.89. The van der Waals surface area contributed by atoms with Crippen molar-refractivity contribution in [2.24, 2.45) is 5.41 Å². The van der Waals surface area contributed by atoms with E-state index in [-0.39, 0.29) is 6.61 Å². The average molecular weight is 260 g/mol. The van der Waals surface area contributed by atoms with Gasteiger partial charge in [-0.1, -0.05) is 30.3 Å². The Hall–Kier alpha value is -1.52. The Kier molecular flexibility index (Phi) is 4.38. The lowest BCUT2D eigenvalue weighted by Gasteiger charge is -2.23. The van der Waals surface area contributed by atoms with Crippen LogP contribution in [-0.4, -0.2) is 12.1 Å². The van der Waals surface area contributed by atoms with E-state index < -0.39 is 24.0 Å². The highest BCUT2D eigenvalue weighted by atomic mass is 19.4. The van der Waals surface area contributed by atoms with Crippen LogP contribution in [0, 0.1) is 5.41 Å². The van der Waals surface area contributed by atoms with Crippen LogP contribution in [0.3, 0.4) is 0 Å². The van der Waals surface area contributed by atoms with Gasteiger partial charge in [-0.3, -0.25) is 4.79 Å². The van der Waals surface area contributed by atoms with Crippen LogP contribution in [-0.2, 0) is 16.1 Å². The maximum atomic E-state index is 12.3. The van der Waals surface area contributed by atoms with Crippen LogP contribution in [0.1, 0.15) is 25.8 Å². The number of benzene rings is 1. The third kappa shape index (κ3) is 4.77. The van der Waals surface area contributed by atoms with E-state index in [0.717, 1.165) is 5.56 Å². The van der Waals surface area contributed by atoms with Gasteiger partial charge in [-0.05, 0) is 19.4 Å². The number of esters is 1. The molecule has 0 amide bonds. The van der Waals surface area contributed by atoms with E-state index in [1.807, 2.05) is 0 Å². The SMILES string of the molecule is CC(C)(CC(F)(F)F)C(=O)OCc1ccccc1. The molecule has 0 aliphatic rings. The highest BCUT2D eigenvalue weighted by molar-refractivity contribution is 5.75.